The van der Waals surface area contributed by atoms with Crippen molar-refractivity contribution in [1.29, 1.82) is 0 Å². The molecule has 0 aliphatic carbocycles. The molecule has 5 heteroatoms. The van der Waals surface area contributed by atoms with Crippen LogP contribution in [-0.2, 0) is 0 Å². The van der Waals surface area contributed by atoms with Gasteiger partial charge in [-0.15, -0.1) is 11.3 Å². The summed E-state index contributed by atoms with van der Waals surface area (Å²) in [5.41, 5.74) is 2.54. The first-order valence-corrected chi connectivity index (χ1v) is 6.63. The van der Waals surface area contributed by atoms with Crippen LogP contribution in [0.2, 0.25) is 0 Å². The summed E-state index contributed by atoms with van der Waals surface area (Å²) in [6.45, 7) is 1.93. The van der Waals surface area contributed by atoms with Crippen LogP contribution in [0, 0.1) is 6.92 Å². The van der Waals surface area contributed by atoms with Gasteiger partial charge in [0.2, 0.25) is 0 Å². The number of hydrogen-bond donors (Lipinski definition) is 1. The molecule has 4 nitrogen and oxygen atoms in total. The van der Waals surface area contributed by atoms with Gasteiger partial charge >= 0.3 is 0 Å². The van der Waals surface area contributed by atoms with Crippen LogP contribution in [-0.4, -0.2) is 15.9 Å². The third kappa shape index (κ3) is 2.32. The summed E-state index contributed by atoms with van der Waals surface area (Å²) in [4.78, 5) is 20.5. The van der Waals surface area contributed by atoms with Gasteiger partial charge in [0.25, 0.3) is 5.91 Å². The number of carbonyl (C=O) groups is 1. The van der Waals surface area contributed by atoms with E-state index < -0.39 is 0 Å². The first kappa shape index (κ1) is 11.8. The number of anilines is 1. The van der Waals surface area contributed by atoms with E-state index in [9.17, 15) is 4.79 Å². The van der Waals surface area contributed by atoms with E-state index in [0.717, 1.165) is 15.8 Å². The minimum absolute atomic E-state index is 0.197. The summed E-state index contributed by atoms with van der Waals surface area (Å²) < 4.78 is 1.01. The molecule has 0 atom stereocenters. The number of carbonyl (C=O) groups excluding carboxylic acids is 1. The lowest BCUT2D eigenvalue weighted by Crippen LogP contribution is -2.12. The number of thiazole rings is 1. The van der Waals surface area contributed by atoms with E-state index in [-0.39, 0.29) is 5.91 Å². The summed E-state index contributed by atoms with van der Waals surface area (Å²) in [6, 6.07) is 9.56. The average Bonchev–Trinajstić information content (AvgIpc) is 2.85. The fourth-order valence-corrected chi connectivity index (χ4v) is 2.60. The zero-order valence-corrected chi connectivity index (χ0v) is 11.1. The van der Waals surface area contributed by atoms with Gasteiger partial charge in [-0.05, 0) is 30.7 Å². The van der Waals surface area contributed by atoms with E-state index in [2.05, 4.69) is 15.3 Å². The van der Waals surface area contributed by atoms with Gasteiger partial charge in [-0.3, -0.25) is 9.78 Å². The topological polar surface area (TPSA) is 54.9 Å². The van der Waals surface area contributed by atoms with Gasteiger partial charge in [0.05, 0.1) is 22.1 Å². The highest BCUT2D eigenvalue weighted by Gasteiger charge is 2.13. The number of nitrogens with one attached hydrogen (secondary N) is 1. The zero-order chi connectivity index (χ0) is 13.2. The fraction of sp³-hybridized carbons (Fsp3) is 0.0714. The van der Waals surface area contributed by atoms with Crippen molar-refractivity contribution in [2.75, 3.05) is 5.32 Å². The normalized spacial score (nSPS) is 10.6. The van der Waals surface area contributed by atoms with Crippen molar-refractivity contribution in [2.24, 2.45) is 0 Å². The van der Waals surface area contributed by atoms with Crippen LogP contribution in [0.4, 0.5) is 5.69 Å². The molecule has 0 aliphatic heterocycles. The summed E-state index contributed by atoms with van der Waals surface area (Å²) in [7, 11) is 0. The molecule has 1 aromatic carbocycles. The number of aromatic nitrogens is 2. The van der Waals surface area contributed by atoms with Crippen LogP contribution in [0.25, 0.3) is 10.2 Å². The monoisotopic (exact) mass is 269 g/mol. The maximum Gasteiger partial charge on any atom is 0.284 e. The Balaban J connectivity index is 1.90. The number of rotatable bonds is 2. The van der Waals surface area contributed by atoms with E-state index in [0.29, 0.717) is 10.7 Å². The van der Waals surface area contributed by atoms with E-state index in [4.69, 9.17) is 0 Å². The smallest absolute Gasteiger partial charge is 0.284 e. The van der Waals surface area contributed by atoms with E-state index in [1.54, 1.807) is 12.4 Å². The number of nitrogens with zero attached hydrogens (tertiary/aromatic N) is 2. The number of amides is 1. The second-order valence-electron chi connectivity index (χ2n) is 4.13. The number of aryl methyl sites for hydroxylation is 1. The van der Waals surface area contributed by atoms with E-state index >= 15 is 0 Å². The Hall–Kier alpha value is -2.27. The van der Waals surface area contributed by atoms with Crippen LogP contribution in [0.15, 0.2) is 42.7 Å². The molecule has 1 amide bonds. The van der Waals surface area contributed by atoms with Gasteiger partial charge in [0, 0.05) is 6.20 Å². The molecular formula is C14H11N3OS. The van der Waals surface area contributed by atoms with Crippen molar-refractivity contribution in [3.63, 3.8) is 0 Å². The van der Waals surface area contributed by atoms with Crippen molar-refractivity contribution >= 4 is 33.1 Å². The van der Waals surface area contributed by atoms with Gasteiger partial charge in [-0.25, -0.2) is 4.98 Å². The van der Waals surface area contributed by atoms with Crippen molar-refractivity contribution in [3.05, 3.63) is 53.3 Å². The molecule has 0 unspecified atom stereocenters. The fourth-order valence-electron chi connectivity index (χ4n) is 1.74. The third-order valence-electron chi connectivity index (χ3n) is 2.78. The maximum atomic E-state index is 12.1. The molecule has 3 aromatic rings. The van der Waals surface area contributed by atoms with Crippen molar-refractivity contribution in [3.8, 4) is 0 Å². The van der Waals surface area contributed by atoms with Gasteiger partial charge in [0.1, 0.15) is 0 Å². The molecule has 1 N–H and O–H groups in total. The Kier molecular flexibility index (Phi) is 2.97. The first-order chi connectivity index (χ1) is 9.24. The van der Waals surface area contributed by atoms with Crippen LogP contribution in [0.5, 0.6) is 0 Å². The van der Waals surface area contributed by atoms with Crippen molar-refractivity contribution in [2.45, 2.75) is 6.92 Å². The molecule has 0 radical (unpaired) electrons. The third-order valence-corrected chi connectivity index (χ3v) is 3.81. The average molecular weight is 269 g/mol. The Morgan fingerprint density at radius 1 is 1.26 bits per heavy atom. The number of benzene rings is 1. The summed E-state index contributed by atoms with van der Waals surface area (Å²) in [5.74, 6) is -0.197. The van der Waals surface area contributed by atoms with Gasteiger partial charge in [0.15, 0.2) is 5.01 Å². The van der Waals surface area contributed by atoms with Crippen molar-refractivity contribution < 1.29 is 4.79 Å². The van der Waals surface area contributed by atoms with Gasteiger partial charge in [-0.2, -0.15) is 0 Å². The summed E-state index contributed by atoms with van der Waals surface area (Å²) in [6.07, 6.45) is 3.34. The second-order valence-corrected chi connectivity index (χ2v) is 5.16. The lowest BCUT2D eigenvalue weighted by molar-refractivity contribution is 0.102. The maximum absolute atomic E-state index is 12.1. The molecule has 0 aliphatic rings. The molecule has 19 heavy (non-hydrogen) atoms. The largest absolute Gasteiger partial charge is 0.318 e. The molecule has 0 saturated carbocycles. The van der Waals surface area contributed by atoms with Crippen LogP contribution in [0.1, 0.15) is 15.4 Å². The molecule has 0 saturated heterocycles. The Bertz CT molecular complexity index is 718. The lowest BCUT2D eigenvalue weighted by Gasteiger charge is -2.04. The lowest BCUT2D eigenvalue weighted by atomic mass is 10.2. The predicted octanol–water partition coefficient (Wildman–Crippen LogP) is 3.25. The standard InChI is InChI=1S/C14H11N3OS/c1-9-6-7-15-8-11(9)16-13(18)14-17-10-4-2-3-5-12(10)19-14/h2-8H,1H3,(H,16,18). The van der Waals surface area contributed by atoms with Gasteiger partial charge < -0.3 is 5.32 Å². The summed E-state index contributed by atoms with van der Waals surface area (Å²) >= 11 is 1.39. The van der Waals surface area contributed by atoms with E-state index in [1.807, 2.05) is 37.3 Å². The first-order valence-electron chi connectivity index (χ1n) is 5.81. The molecule has 2 aromatic heterocycles. The number of para-hydroxylation sites is 1. The predicted molar refractivity (Wildman–Crippen MR) is 76.5 cm³/mol. The molecule has 0 bridgehead atoms. The van der Waals surface area contributed by atoms with Crippen LogP contribution >= 0.6 is 11.3 Å². The minimum Gasteiger partial charge on any atom is -0.318 e. The molecule has 3 rings (SSSR count). The zero-order valence-electron chi connectivity index (χ0n) is 10.3. The SMILES string of the molecule is Cc1ccncc1NC(=O)c1nc2ccccc2s1. The van der Waals surface area contributed by atoms with Gasteiger partial charge in [-0.1, -0.05) is 12.1 Å². The highest BCUT2D eigenvalue weighted by molar-refractivity contribution is 7.20. The second kappa shape index (κ2) is 4.78. The molecule has 0 fully saturated rings. The minimum atomic E-state index is -0.197. The Morgan fingerprint density at radius 2 is 2.11 bits per heavy atom. The highest BCUT2D eigenvalue weighted by atomic mass is 32.1. The highest BCUT2D eigenvalue weighted by Crippen LogP contribution is 2.22. The van der Waals surface area contributed by atoms with Crippen LogP contribution in [0.3, 0.4) is 0 Å². The molecular weight excluding hydrogens is 258 g/mol. The quantitative estimate of drug-likeness (QED) is 0.777. The Labute approximate surface area is 114 Å². The molecule has 2 heterocycles. The van der Waals surface area contributed by atoms with Crippen molar-refractivity contribution in [1.82, 2.24) is 9.97 Å². The number of hydrogen-bond acceptors (Lipinski definition) is 4. The van der Waals surface area contributed by atoms with Crippen LogP contribution < -0.4 is 5.32 Å². The number of fused-ring (bicyclic) bond motifs is 1. The summed E-state index contributed by atoms with van der Waals surface area (Å²) in [5, 5.41) is 3.30. The number of pyridine rings is 1. The van der Waals surface area contributed by atoms with E-state index in [1.165, 1.54) is 11.3 Å². The Morgan fingerprint density at radius 3 is 2.89 bits per heavy atom. The molecule has 94 valence electrons. The molecule has 0 spiro atoms.